The number of fused-ring (bicyclic) bond motifs is 1. The van der Waals surface area contributed by atoms with Crippen LogP contribution < -0.4 is 15.7 Å². The zero-order valence-corrected chi connectivity index (χ0v) is 13.9. The Balaban J connectivity index is 1.65. The van der Waals surface area contributed by atoms with E-state index in [9.17, 15) is 4.79 Å². The number of nitrogens with one attached hydrogen (secondary N) is 2. The van der Waals surface area contributed by atoms with Gasteiger partial charge in [0.25, 0.3) is 0 Å². The third-order valence-electron chi connectivity index (χ3n) is 3.93. The Bertz CT molecular complexity index is 1120. The molecule has 0 spiro atoms. The molecule has 2 N–H and O–H groups in total. The van der Waals surface area contributed by atoms with Gasteiger partial charge in [-0.1, -0.05) is 12.1 Å². The number of anilines is 2. The molecule has 0 aliphatic heterocycles. The van der Waals surface area contributed by atoms with Crippen LogP contribution in [0.5, 0.6) is 5.75 Å². The minimum absolute atomic E-state index is 0.401. The van der Waals surface area contributed by atoms with Crippen molar-refractivity contribution in [1.29, 1.82) is 0 Å². The van der Waals surface area contributed by atoms with Gasteiger partial charge in [0.05, 0.1) is 18.7 Å². The van der Waals surface area contributed by atoms with E-state index in [0.717, 1.165) is 22.2 Å². The monoisotopic (exact) mass is 345 g/mol. The molecule has 3 heterocycles. The highest BCUT2D eigenvalue weighted by Crippen LogP contribution is 2.26. The summed E-state index contributed by atoms with van der Waals surface area (Å²) in [6, 6.07) is 13.4. The van der Waals surface area contributed by atoms with Gasteiger partial charge in [-0.2, -0.15) is 4.98 Å². The molecule has 4 aromatic rings. The standard InChI is InChI=1S/C19H15N5O2/c1-26-15-9-13(10-20-11-15)12-4-6-14(7-5-12)22-18-16-3-2-8-21-17(16)23-19(25)24-18/h2-11H,1H3,(H2,21,22,23,24,25). The smallest absolute Gasteiger partial charge is 0.348 e. The molecule has 0 unspecified atom stereocenters. The van der Waals surface area contributed by atoms with Crippen molar-refractivity contribution < 1.29 is 4.74 Å². The van der Waals surface area contributed by atoms with Crippen molar-refractivity contribution in [3.8, 4) is 16.9 Å². The van der Waals surface area contributed by atoms with Gasteiger partial charge in [0.1, 0.15) is 11.6 Å². The third-order valence-corrected chi connectivity index (χ3v) is 3.93. The number of pyridine rings is 2. The number of hydrogen-bond acceptors (Lipinski definition) is 6. The molecule has 0 bridgehead atoms. The van der Waals surface area contributed by atoms with E-state index in [4.69, 9.17) is 4.74 Å². The second-order valence-corrected chi connectivity index (χ2v) is 5.61. The van der Waals surface area contributed by atoms with E-state index in [-0.39, 0.29) is 0 Å². The Morgan fingerprint density at radius 1 is 1.08 bits per heavy atom. The number of aromatic amines is 1. The fourth-order valence-electron chi connectivity index (χ4n) is 2.66. The number of benzene rings is 1. The summed E-state index contributed by atoms with van der Waals surface area (Å²) in [5.74, 6) is 1.27. The minimum atomic E-state index is -0.447. The molecule has 26 heavy (non-hydrogen) atoms. The van der Waals surface area contributed by atoms with Crippen molar-refractivity contribution in [3.05, 3.63) is 71.5 Å². The van der Waals surface area contributed by atoms with Gasteiger partial charge in [0.15, 0.2) is 5.65 Å². The SMILES string of the molecule is COc1cncc(-c2ccc(Nc3[nH]c(=O)nc4ncccc34)cc2)c1. The van der Waals surface area contributed by atoms with E-state index in [1.165, 1.54) is 0 Å². The first-order valence-electron chi connectivity index (χ1n) is 7.94. The van der Waals surface area contributed by atoms with Crippen LogP contribution in [0.15, 0.2) is 65.8 Å². The molecule has 0 atom stereocenters. The Hall–Kier alpha value is -3.74. The summed E-state index contributed by atoms with van der Waals surface area (Å²) in [4.78, 5) is 26.6. The number of H-pyrrole nitrogens is 1. The molecular weight excluding hydrogens is 330 g/mol. The van der Waals surface area contributed by atoms with Crippen molar-refractivity contribution in [3.63, 3.8) is 0 Å². The molecule has 0 saturated carbocycles. The molecule has 4 rings (SSSR count). The fraction of sp³-hybridized carbons (Fsp3) is 0.0526. The molecule has 0 fully saturated rings. The van der Waals surface area contributed by atoms with Crippen molar-refractivity contribution in [1.82, 2.24) is 19.9 Å². The zero-order chi connectivity index (χ0) is 17.9. The van der Waals surface area contributed by atoms with E-state index in [1.54, 1.807) is 31.8 Å². The van der Waals surface area contributed by atoms with Crippen LogP contribution in [0.2, 0.25) is 0 Å². The van der Waals surface area contributed by atoms with Crippen molar-refractivity contribution in [2.75, 3.05) is 12.4 Å². The van der Waals surface area contributed by atoms with Crippen LogP contribution in [-0.4, -0.2) is 27.0 Å². The van der Waals surface area contributed by atoms with E-state index >= 15 is 0 Å². The summed E-state index contributed by atoms with van der Waals surface area (Å²) >= 11 is 0. The van der Waals surface area contributed by atoms with E-state index in [1.807, 2.05) is 36.4 Å². The van der Waals surface area contributed by atoms with Crippen molar-refractivity contribution in [2.45, 2.75) is 0 Å². The maximum Gasteiger partial charge on any atom is 0.348 e. The van der Waals surface area contributed by atoms with Crippen LogP contribution in [-0.2, 0) is 0 Å². The molecule has 0 amide bonds. The molecule has 7 nitrogen and oxygen atoms in total. The lowest BCUT2D eigenvalue weighted by Crippen LogP contribution is -2.13. The van der Waals surface area contributed by atoms with E-state index in [2.05, 4.69) is 25.3 Å². The molecule has 0 saturated heterocycles. The van der Waals surface area contributed by atoms with Gasteiger partial charge in [0, 0.05) is 23.6 Å². The number of methoxy groups -OCH3 is 1. The van der Waals surface area contributed by atoms with Gasteiger partial charge in [-0.05, 0) is 35.9 Å². The predicted octanol–water partition coefficient (Wildman–Crippen LogP) is 3.13. The number of aromatic nitrogens is 4. The quantitative estimate of drug-likeness (QED) is 0.590. The van der Waals surface area contributed by atoms with Crippen LogP contribution in [0, 0.1) is 0 Å². The number of rotatable bonds is 4. The third kappa shape index (κ3) is 3.10. The lowest BCUT2D eigenvalue weighted by Gasteiger charge is -2.10. The molecule has 0 aliphatic rings. The van der Waals surface area contributed by atoms with Gasteiger partial charge in [0.2, 0.25) is 0 Å². The summed E-state index contributed by atoms with van der Waals surface area (Å²) in [7, 11) is 1.61. The molecular formula is C19H15N5O2. The number of nitrogens with zero attached hydrogens (tertiary/aromatic N) is 3. The first kappa shape index (κ1) is 15.8. The lowest BCUT2D eigenvalue weighted by atomic mass is 10.1. The molecule has 7 heteroatoms. The summed E-state index contributed by atoms with van der Waals surface area (Å²) < 4.78 is 5.21. The topological polar surface area (TPSA) is 92.8 Å². The highest BCUT2D eigenvalue weighted by molar-refractivity contribution is 5.88. The fourth-order valence-corrected chi connectivity index (χ4v) is 2.66. The first-order chi connectivity index (χ1) is 12.7. The lowest BCUT2D eigenvalue weighted by molar-refractivity contribution is 0.413. The Labute approximate surface area is 148 Å². The zero-order valence-electron chi connectivity index (χ0n) is 13.9. The molecule has 0 aliphatic carbocycles. The summed E-state index contributed by atoms with van der Waals surface area (Å²) in [5, 5.41) is 3.96. The Kier molecular flexibility index (Phi) is 4.03. The normalized spacial score (nSPS) is 10.7. The van der Waals surface area contributed by atoms with Crippen LogP contribution in [0.25, 0.3) is 22.2 Å². The second kappa shape index (κ2) is 6.64. The van der Waals surface area contributed by atoms with Gasteiger partial charge in [-0.25, -0.2) is 9.78 Å². The molecule has 0 radical (unpaired) electrons. The minimum Gasteiger partial charge on any atom is -0.495 e. The van der Waals surface area contributed by atoms with Crippen LogP contribution >= 0.6 is 0 Å². The largest absolute Gasteiger partial charge is 0.495 e. The summed E-state index contributed by atoms with van der Waals surface area (Å²) in [6.07, 6.45) is 5.05. The predicted molar refractivity (Wildman–Crippen MR) is 99.7 cm³/mol. The van der Waals surface area contributed by atoms with Gasteiger partial charge < -0.3 is 10.1 Å². The molecule has 128 valence electrons. The Morgan fingerprint density at radius 3 is 2.73 bits per heavy atom. The average Bonchev–Trinajstić information content (AvgIpc) is 2.68. The van der Waals surface area contributed by atoms with Crippen LogP contribution in [0.1, 0.15) is 0 Å². The van der Waals surface area contributed by atoms with Crippen molar-refractivity contribution >= 4 is 22.5 Å². The molecule has 3 aromatic heterocycles. The highest BCUT2D eigenvalue weighted by atomic mass is 16.5. The second-order valence-electron chi connectivity index (χ2n) is 5.61. The average molecular weight is 345 g/mol. The van der Waals surface area contributed by atoms with Gasteiger partial charge in [-0.3, -0.25) is 9.97 Å². The van der Waals surface area contributed by atoms with Gasteiger partial charge in [-0.15, -0.1) is 0 Å². The van der Waals surface area contributed by atoms with Crippen LogP contribution in [0.3, 0.4) is 0 Å². The maximum atomic E-state index is 11.7. The Morgan fingerprint density at radius 2 is 1.92 bits per heavy atom. The van der Waals surface area contributed by atoms with E-state index in [0.29, 0.717) is 17.2 Å². The number of hydrogen-bond donors (Lipinski definition) is 2. The van der Waals surface area contributed by atoms with Gasteiger partial charge >= 0.3 is 5.69 Å². The van der Waals surface area contributed by atoms with E-state index < -0.39 is 5.69 Å². The van der Waals surface area contributed by atoms with Crippen molar-refractivity contribution in [2.24, 2.45) is 0 Å². The highest BCUT2D eigenvalue weighted by Gasteiger charge is 2.06. The summed E-state index contributed by atoms with van der Waals surface area (Å²) in [6.45, 7) is 0. The maximum absolute atomic E-state index is 11.7. The molecule has 1 aromatic carbocycles. The first-order valence-corrected chi connectivity index (χ1v) is 7.94. The van der Waals surface area contributed by atoms with Crippen LogP contribution in [0.4, 0.5) is 11.5 Å². The number of ether oxygens (including phenoxy) is 1. The summed E-state index contributed by atoms with van der Waals surface area (Å²) in [5.41, 5.74) is 2.76.